The van der Waals surface area contributed by atoms with Crippen LogP contribution in [0, 0.1) is 0 Å². The number of rotatable bonds is 5. The van der Waals surface area contributed by atoms with E-state index in [0.29, 0.717) is 5.15 Å². The van der Waals surface area contributed by atoms with Crippen molar-refractivity contribution < 1.29 is 5.11 Å². The maximum Gasteiger partial charge on any atom is 0.136 e. The number of halogens is 1. The number of hydrogen-bond donors (Lipinski definition) is 3. The van der Waals surface area contributed by atoms with E-state index in [1.54, 1.807) is 12.4 Å². The highest BCUT2D eigenvalue weighted by atomic mass is 35.5. The Morgan fingerprint density at radius 3 is 2.73 bits per heavy atom. The first-order valence-corrected chi connectivity index (χ1v) is 8.64. The summed E-state index contributed by atoms with van der Waals surface area (Å²) in [4.78, 5) is 4.30. The zero-order valence-corrected chi connectivity index (χ0v) is 14.6. The van der Waals surface area contributed by atoms with Crippen LogP contribution in [-0.4, -0.2) is 26.9 Å². The number of H-pyrrole nitrogens is 1. The summed E-state index contributed by atoms with van der Waals surface area (Å²) < 4.78 is 0. The van der Waals surface area contributed by atoms with Gasteiger partial charge in [-0.25, -0.2) is 4.98 Å². The number of anilines is 1. The second-order valence-corrected chi connectivity index (χ2v) is 6.38. The number of hydrogen-bond acceptors (Lipinski definition) is 4. The van der Waals surface area contributed by atoms with E-state index in [0.717, 1.165) is 33.3 Å². The van der Waals surface area contributed by atoms with Crippen molar-refractivity contribution in [3.63, 3.8) is 0 Å². The van der Waals surface area contributed by atoms with Crippen molar-refractivity contribution in [3.8, 4) is 11.1 Å². The number of aliphatic hydroxyl groups is 1. The quantitative estimate of drug-likeness (QED) is 0.458. The van der Waals surface area contributed by atoms with Crippen molar-refractivity contribution in [1.82, 2.24) is 15.2 Å². The summed E-state index contributed by atoms with van der Waals surface area (Å²) in [5.41, 5.74) is 4.55. The molecule has 0 aliphatic heterocycles. The number of aromatic amines is 1. The largest absolute Gasteiger partial charge is 0.394 e. The van der Waals surface area contributed by atoms with Gasteiger partial charge in [0.05, 0.1) is 36.2 Å². The van der Waals surface area contributed by atoms with Gasteiger partial charge in [0.2, 0.25) is 0 Å². The van der Waals surface area contributed by atoms with Crippen LogP contribution in [0.4, 0.5) is 5.69 Å². The fourth-order valence-corrected chi connectivity index (χ4v) is 3.17. The monoisotopic (exact) mass is 364 g/mol. The molecule has 1 atom stereocenters. The lowest BCUT2D eigenvalue weighted by molar-refractivity contribution is 0.276. The third kappa shape index (κ3) is 3.27. The Labute approximate surface area is 155 Å². The predicted molar refractivity (Wildman–Crippen MR) is 104 cm³/mol. The molecule has 0 aliphatic carbocycles. The molecule has 4 aromatic rings. The Morgan fingerprint density at radius 1 is 1.08 bits per heavy atom. The summed E-state index contributed by atoms with van der Waals surface area (Å²) in [6, 6.07) is 17.5. The Hall–Kier alpha value is -2.89. The van der Waals surface area contributed by atoms with Crippen LogP contribution >= 0.6 is 11.6 Å². The first-order chi connectivity index (χ1) is 12.7. The maximum atomic E-state index is 9.76. The molecule has 0 fully saturated rings. The molecule has 130 valence electrons. The van der Waals surface area contributed by atoms with Gasteiger partial charge in [-0.05, 0) is 29.3 Å². The third-order valence-electron chi connectivity index (χ3n) is 4.32. The minimum Gasteiger partial charge on any atom is -0.394 e. The summed E-state index contributed by atoms with van der Waals surface area (Å²) >= 11 is 6.33. The minimum absolute atomic E-state index is 0.0248. The number of nitrogens with zero attached hydrogens (tertiary/aromatic N) is 2. The molecule has 0 spiro atoms. The molecule has 0 radical (unpaired) electrons. The number of aromatic nitrogens is 3. The standard InChI is InChI=1S/C20H17ClN4O/c21-20-17(14-6-7-18-15(8-14)10-23-25-18)9-16(11-22-20)24-19(12-26)13-4-2-1-3-5-13/h1-11,19,24,26H,12H2,(H,23,25). The lowest BCUT2D eigenvalue weighted by Crippen LogP contribution is -2.14. The zero-order chi connectivity index (χ0) is 17.9. The average molecular weight is 365 g/mol. The summed E-state index contributed by atoms with van der Waals surface area (Å²) in [5, 5.41) is 21.5. The number of pyridine rings is 1. The van der Waals surface area contributed by atoms with Gasteiger partial charge in [-0.15, -0.1) is 0 Å². The molecule has 3 N–H and O–H groups in total. The first-order valence-electron chi connectivity index (χ1n) is 8.26. The lowest BCUT2D eigenvalue weighted by Gasteiger charge is -2.18. The van der Waals surface area contributed by atoms with Crippen LogP contribution in [0.25, 0.3) is 22.0 Å². The highest BCUT2D eigenvalue weighted by Gasteiger charge is 2.13. The highest BCUT2D eigenvalue weighted by Crippen LogP contribution is 2.31. The summed E-state index contributed by atoms with van der Waals surface area (Å²) in [6.07, 6.45) is 3.45. The van der Waals surface area contributed by atoms with Crippen molar-refractivity contribution >= 4 is 28.2 Å². The Kier molecular flexibility index (Phi) is 4.56. The molecule has 2 aromatic heterocycles. The molecule has 6 heteroatoms. The topological polar surface area (TPSA) is 73.8 Å². The van der Waals surface area contributed by atoms with Crippen molar-refractivity contribution in [3.05, 3.63) is 77.7 Å². The fraction of sp³-hybridized carbons (Fsp3) is 0.100. The molecule has 0 saturated carbocycles. The van der Waals surface area contributed by atoms with Gasteiger partial charge in [-0.2, -0.15) is 5.10 Å². The number of aliphatic hydroxyl groups excluding tert-OH is 1. The van der Waals surface area contributed by atoms with Crippen LogP contribution < -0.4 is 5.32 Å². The van der Waals surface area contributed by atoms with Crippen LogP contribution in [0.1, 0.15) is 11.6 Å². The first kappa shape index (κ1) is 16.6. The van der Waals surface area contributed by atoms with Crippen molar-refractivity contribution in [2.75, 3.05) is 11.9 Å². The second-order valence-electron chi connectivity index (χ2n) is 6.02. The number of fused-ring (bicyclic) bond motifs is 1. The van der Waals surface area contributed by atoms with E-state index < -0.39 is 0 Å². The SMILES string of the molecule is OCC(Nc1cnc(Cl)c(-c2ccc3[nH]ncc3c2)c1)c1ccccc1. The van der Waals surface area contributed by atoms with Crippen LogP contribution in [0.15, 0.2) is 67.0 Å². The molecule has 0 saturated heterocycles. The molecular formula is C20H17ClN4O. The van der Waals surface area contributed by atoms with Gasteiger partial charge in [0.15, 0.2) is 0 Å². The van der Waals surface area contributed by atoms with Crippen molar-refractivity contribution in [2.45, 2.75) is 6.04 Å². The molecule has 0 aliphatic rings. The van der Waals surface area contributed by atoms with Crippen molar-refractivity contribution in [1.29, 1.82) is 0 Å². The molecule has 26 heavy (non-hydrogen) atoms. The molecule has 4 rings (SSSR count). The van der Waals surface area contributed by atoms with Gasteiger partial charge in [-0.1, -0.05) is 48.0 Å². The van der Waals surface area contributed by atoms with Gasteiger partial charge < -0.3 is 10.4 Å². The van der Waals surface area contributed by atoms with E-state index in [1.807, 2.05) is 54.6 Å². The Morgan fingerprint density at radius 2 is 1.92 bits per heavy atom. The summed E-state index contributed by atoms with van der Waals surface area (Å²) in [5.74, 6) is 0. The summed E-state index contributed by atoms with van der Waals surface area (Å²) in [6.45, 7) is -0.0248. The van der Waals surface area contributed by atoms with E-state index in [4.69, 9.17) is 11.6 Å². The average Bonchev–Trinajstić information content (AvgIpc) is 3.16. The van der Waals surface area contributed by atoms with Gasteiger partial charge in [0.1, 0.15) is 5.15 Å². The van der Waals surface area contributed by atoms with Crippen LogP contribution in [0.2, 0.25) is 5.15 Å². The van der Waals surface area contributed by atoms with E-state index in [2.05, 4.69) is 20.5 Å². The molecule has 0 bridgehead atoms. The van der Waals surface area contributed by atoms with Crippen LogP contribution in [0.5, 0.6) is 0 Å². The highest BCUT2D eigenvalue weighted by molar-refractivity contribution is 6.32. The Balaban J connectivity index is 1.67. The van der Waals surface area contributed by atoms with E-state index >= 15 is 0 Å². The molecule has 2 aromatic carbocycles. The second kappa shape index (κ2) is 7.15. The van der Waals surface area contributed by atoms with Gasteiger partial charge >= 0.3 is 0 Å². The molecule has 0 amide bonds. The Bertz CT molecular complexity index is 1030. The predicted octanol–water partition coefficient (Wildman–Crippen LogP) is 4.42. The van der Waals surface area contributed by atoms with E-state index in [-0.39, 0.29) is 12.6 Å². The molecular weight excluding hydrogens is 348 g/mol. The molecule has 1 unspecified atom stereocenters. The number of nitrogens with one attached hydrogen (secondary N) is 2. The van der Waals surface area contributed by atoms with E-state index in [1.165, 1.54) is 0 Å². The van der Waals surface area contributed by atoms with Gasteiger partial charge in [0.25, 0.3) is 0 Å². The fourth-order valence-electron chi connectivity index (χ4n) is 2.96. The lowest BCUT2D eigenvalue weighted by atomic mass is 10.0. The normalized spacial score (nSPS) is 12.2. The zero-order valence-electron chi connectivity index (χ0n) is 13.9. The third-order valence-corrected chi connectivity index (χ3v) is 4.62. The van der Waals surface area contributed by atoms with Gasteiger partial charge in [-0.3, -0.25) is 5.10 Å². The van der Waals surface area contributed by atoms with Gasteiger partial charge in [0, 0.05) is 10.9 Å². The van der Waals surface area contributed by atoms with Crippen LogP contribution in [0.3, 0.4) is 0 Å². The number of benzene rings is 2. The molecule has 2 heterocycles. The summed E-state index contributed by atoms with van der Waals surface area (Å²) in [7, 11) is 0. The molecule has 5 nitrogen and oxygen atoms in total. The smallest absolute Gasteiger partial charge is 0.136 e. The minimum atomic E-state index is -0.219. The van der Waals surface area contributed by atoms with Crippen LogP contribution in [-0.2, 0) is 0 Å². The van der Waals surface area contributed by atoms with Crippen molar-refractivity contribution in [2.24, 2.45) is 0 Å². The van der Waals surface area contributed by atoms with E-state index in [9.17, 15) is 5.11 Å². The maximum absolute atomic E-state index is 9.76.